The van der Waals surface area contributed by atoms with E-state index in [-0.39, 0.29) is 5.91 Å². The van der Waals surface area contributed by atoms with Crippen LogP contribution in [0, 0.1) is 0 Å². The molecule has 0 unspecified atom stereocenters. The molecule has 3 nitrogen and oxygen atoms in total. The third-order valence-corrected chi connectivity index (χ3v) is 2.61. The maximum absolute atomic E-state index is 11.2. The van der Waals surface area contributed by atoms with E-state index in [1.54, 1.807) is 6.20 Å². The van der Waals surface area contributed by atoms with Crippen LogP contribution in [0.15, 0.2) is 18.3 Å². The number of nitrogens with zero attached hydrogens (tertiary/aromatic N) is 2. The first-order chi connectivity index (χ1) is 5.79. The smallest absolute Gasteiger partial charge is 0.238 e. The van der Waals surface area contributed by atoms with Gasteiger partial charge in [0, 0.05) is 12.6 Å². The largest absolute Gasteiger partial charge is 0.274 e. The van der Waals surface area contributed by atoms with Crippen molar-refractivity contribution < 1.29 is 4.79 Å². The van der Waals surface area contributed by atoms with Gasteiger partial charge >= 0.3 is 0 Å². The van der Waals surface area contributed by atoms with Crippen LogP contribution < -0.4 is 3.93 Å². The summed E-state index contributed by atoms with van der Waals surface area (Å²) < 4.78 is 1.44. The first kappa shape index (κ1) is 7.73. The van der Waals surface area contributed by atoms with Crippen LogP contribution in [0.4, 0.5) is 5.82 Å². The van der Waals surface area contributed by atoms with Crippen molar-refractivity contribution >= 4 is 27.9 Å². The average molecular weight is 227 g/mol. The lowest BCUT2D eigenvalue weighted by atomic mass is 10.1. The molecule has 0 aromatic carbocycles. The Morgan fingerprint density at radius 1 is 1.50 bits per heavy atom. The maximum Gasteiger partial charge on any atom is 0.238 e. The van der Waals surface area contributed by atoms with Crippen molar-refractivity contribution in [1.82, 2.24) is 4.98 Å². The molecule has 1 aliphatic rings. The molecule has 1 aliphatic heterocycles. The van der Waals surface area contributed by atoms with Gasteiger partial charge in [0.05, 0.1) is 16.1 Å². The van der Waals surface area contributed by atoms with Gasteiger partial charge in [-0.25, -0.2) is 8.91 Å². The zero-order valence-electron chi connectivity index (χ0n) is 6.33. The number of halogens is 1. The van der Waals surface area contributed by atoms with Crippen molar-refractivity contribution in [2.45, 2.75) is 12.8 Å². The van der Waals surface area contributed by atoms with Crippen molar-refractivity contribution in [3.05, 3.63) is 23.9 Å². The van der Waals surface area contributed by atoms with Gasteiger partial charge < -0.3 is 0 Å². The molecule has 1 amide bonds. The maximum atomic E-state index is 11.2. The Bertz CT molecular complexity index is 327. The van der Waals surface area contributed by atoms with E-state index in [0.29, 0.717) is 6.42 Å². The molecule has 0 N–H and O–H groups in total. The monoisotopic (exact) mass is 226 g/mol. The number of carbonyl (C=O) groups is 1. The Hall–Kier alpha value is -0.900. The number of fused-ring (bicyclic) bond motifs is 1. The lowest BCUT2D eigenvalue weighted by Crippen LogP contribution is -2.26. The molecule has 0 atom stereocenters. The van der Waals surface area contributed by atoms with Gasteiger partial charge in [0.1, 0.15) is 5.82 Å². The molecule has 0 saturated heterocycles. The normalized spacial score (nSPS) is 16.1. The van der Waals surface area contributed by atoms with E-state index < -0.39 is 0 Å². The summed E-state index contributed by atoms with van der Waals surface area (Å²) in [5.74, 6) is 0.801. The van der Waals surface area contributed by atoms with Crippen LogP contribution >= 0.6 is 16.1 Å². The van der Waals surface area contributed by atoms with Crippen molar-refractivity contribution in [2.75, 3.05) is 3.93 Å². The Kier molecular flexibility index (Phi) is 1.84. The lowest BCUT2D eigenvalue weighted by Gasteiger charge is -2.21. The summed E-state index contributed by atoms with van der Waals surface area (Å²) in [6, 6.07) is 3.87. The Morgan fingerprint density at radius 2 is 2.33 bits per heavy atom. The van der Waals surface area contributed by atoms with Gasteiger partial charge in [-0.1, -0.05) is 6.07 Å². The minimum absolute atomic E-state index is 0.0706. The Labute approximate surface area is 78.7 Å². The van der Waals surface area contributed by atoms with Crippen molar-refractivity contribution in [3.8, 4) is 0 Å². The van der Waals surface area contributed by atoms with E-state index in [4.69, 9.17) is 0 Å². The van der Waals surface area contributed by atoms with Gasteiger partial charge in [-0.05, 0) is 18.1 Å². The third-order valence-electron chi connectivity index (χ3n) is 1.88. The van der Waals surface area contributed by atoms with E-state index >= 15 is 0 Å². The summed E-state index contributed by atoms with van der Waals surface area (Å²) in [7, 11) is 0. The molecule has 62 valence electrons. The molecule has 0 bridgehead atoms. The Morgan fingerprint density at radius 3 is 3.17 bits per heavy atom. The highest BCUT2D eigenvalue weighted by molar-refractivity contribution is 9.10. The molecule has 1 aromatic heterocycles. The lowest BCUT2D eigenvalue weighted by molar-refractivity contribution is -0.117. The molecule has 0 fully saturated rings. The molecule has 0 aliphatic carbocycles. The summed E-state index contributed by atoms with van der Waals surface area (Å²) in [6.45, 7) is 0. The van der Waals surface area contributed by atoms with Crippen molar-refractivity contribution in [3.63, 3.8) is 0 Å². The quantitative estimate of drug-likeness (QED) is 0.631. The molecule has 1 aromatic rings. The number of amides is 1. The molecule has 4 heteroatoms. The van der Waals surface area contributed by atoms with Crippen LogP contribution in [0.25, 0.3) is 0 Å². The minimum atomic E-state index is 0.0706. The summed E-state index contributed by atoms with van der Waals surface area (Å²) in [6.07, 6.45) is 3.04. The van der Waals surface area contributed by atoms with Gasteiger partial charge in [0.15, 0.2) is 0 Å². The van der Waals surface area contributed by atoms with Crippen LogP contribution in [0.3, 0.4) is 0 Å². The summed E-state index contributed by atoms with van der Waals surface area (Å²) >= 11 is 3.17. The fourth-order valence-corrected chi connectivity index (χ4v) is 1.76. The van der Waals surface area contributed by atoms with Crippen LogP contribution in [0.1, 0.15) is 12.0 Å². The fourth-order valence-electron chi connectivity index (χ4n) is 1.26. The zero-order valence-corrected chi connectivity index (χ0v) is 7.91. The fraction of sp³-hybridized carbons (Fsp3) is 0.250. The molecule has 0 radical (unpaired) electrons. The van der Waals surface area contributed by atoms with E-state index in [1.807, 2.05) is 12.1 Å². The number of hydrogen-bond acceptors (Lipinski definition) is 2. The van der Waals surface area contributed by atoms with Crippen LogP contribution in [0.2, 0.25) is 0 Å². The first-order valence-electron chi connectivity index (χ1n) is 3.71. The topological polar surface area (TPSA) is 33.2 Å². The number of pyridine rings is 1. The average Bonchev–Trinajstić information content (AvgIpc) is 2.12. The summed E-state index contributed by atoms with van der Waals surface area (Å²) in [4.78, 5) is 15.3. The molecule has 12 heavy (non-hydrogen) atoms. The van der Waals surface area contributed by atoms with Gasteiger partial charge in [-0.3, -0.25) is 4.79 Å². The highest BCUT2D eigenvalue weighted by atomic mass is 79.9. The van der Waals surface area contributed by atoms with Gasteiger partial charge in [0.2, 0.25) is 5.91 Å². The van der Waals surface area contributed by atoms with E-state index in [9.17, 15) is 4.79 Å². The first-order valence-corrected chi connectivity index (χ1v) is 4.42. The molecule has 0 saturated carbocycles. The van der Waals surface area contributed by atoms with Crippen LogP contribution in [0.5, 0.6) is 0 Å². The van der Waals surface area contributed by atoms with Crippen LogP contribution in [-0.4, -0.2) is 10.9 Å². The molecular formula is C8H7BrN2O. The molecule has 2 heterocycles. The number of anilines is 1. The van der Waals surface area contributed by atoms with Crippen molar-refractivity contribution in [2.24, 2.45) is 0 Å². The van der Waals surface area contributed by atoms with E-state index in [1.165, 1.54) is 3.93 Å². The summed E-state index contributed by atoms with van der Waals surface area (Å²) in [5, 5.41) is 0. The van der Waals surface area contributed by atoms with Gasteiger partial charge in [-0.15, -0.1) is 0 Å². The zero-order chi connectivity index (χ0) is 8.55. The second-order valence-corrected chi connectivity index (χ2v) is 3.37. The molecule has 2 rings (SSSR count). The molecule has 0 spiro atoms. The van der Waals surface area contributed by atoms with E-state index in [0.717, 1.165) is 17.8 Å². The van der Waals surface area contributed by atoms with Crippen molar-refractivity contribution in [1.29, 1.82) is 0 Å². The second-order valence-electron chi connectivity index (χ2n) is 2.66. The number of aromatic nitrogens is 1. The minimum Gasteiger partial charge on any atom is -0.274 e. The number of rotatable bonds is 0. The standard InChI is InChI=1S/C8H7BrN2O/c9-11-7(12)4-3-6-2-1-5-10-8(6)11/h1-2,5H,3-4H2. The summed E-state index contributed by atoms with van der Waals surface area (Å²) in [5.41, 5.74) is 1.12. The Balaban J connectivity index is 2.48. The number of carbonyl (C=O) groups excluding carboxylic acids is 1. The predicted molar refractivity (Wildman–Crippen MR) is 49.0 cm³/mol. The highest BCUT2D eigenvalue weighted by Gasteiger charge is 2.22. The highest BCUT2D eigenvalue weighted by Crippen LogP contribution is 2.27. The van der Waals surface area contributed by atoms with Gasteiger partial charge in [-0.2, -0.15) is 0 Å². The third kappa shape index (κ3) is 1.12. The van der Waals surface area contributed by atoms with Gasteiger partial charge in [0.25, 0.3) is 0 Å². The van der Waals surface area contributed by atoms with E-state index in [2.05, 4.69) is 21.1 Å². The predicted octanol–water partition coefficient (Wildman–Crippen LogP) is 1.67. The SMILES string of the molecule is O=C1CCc2cccnc2N1Br. The molecular weight excluding hydrogens is 220 g/mol. The van der Waals surface area contributed by atoms with Crippen LogP contribution in [-0.2, 0) is 11.2 Å². The second kappa shape index (κ2) is 2.86. The number of aryl methyl sites for hydroxylation is 1. The number of hydrogen-bond donors (Lipinski definition) is 0.